The zero-order valence-corrected chi connectivity index (χ0v) is 10.7. The van der Waals surface area contributed by atoms with Gasteiger partial charge in [-0.2, -0.15) is 0 Å². The van der Waals surface area contributed by atoms with Crippen LogP contribution >= 0.6 is 0 Å². The van der Waals surface area contributed by atoms with E-state index in [2.05, 4.69) is 10.6 Å². The second-order valence-corrected chi connectivity index (χ2v) is 4.17. The molecular weight excluding hydrogens is 248 g/mol. The van der Waals surface area contributed by atoms with Crippen molar-refractivity contribution in [3.05, 3.63) is 29.8 Å². The van der Waals surface area contributed by atoms with Gasteiger partial charge in [0.15, 0.2) is 0 Å². The van der Waals surface area contributed by atoms with Crippen LogP contribution in [0, 0.1) is 0 Å². The normalized spacial score (nSPS) is 11.9. The fourth-order valence-corrected chi connectivity index (χ4v) is 1.54. The van der Waals surface area contributed by atoms with Gasteiger partial charge in [-0.3, -0.25) is 9.59 Å². The third kappa shape index (κ3) is 5.98. The van der Waals surface area contributed by atoms with Crippen LogP contribution < -0.4 is 10.6 Å². The number of hydrogen-bond donors (Lipinski definition) is 4. The molecule has 1 unspecified atom stereocenters. The van der Waals surface area contributed by atoms with Gasteiger partial charge in [-0.15, -0.1) is 0 Å². The van der Waals surface area contributed by atoms with E-state index in [1.54, 1.807) is 24.3 Å². The number of carbonyl (C=O) groups is 2. The molecule has 0 spiro atoms. The molecule has 104 valence electrons. The van der Waals surface area contributed by atoms with Crippen LogP contribution in [-0.4, -0.2) is 35.2 Å². The first kappa shape index (κ1) is 15.1. The molecule has 0 bridgehead atoms. The molecule has 0 aliphatic rings. The summed E-state index contributed by atoms with van der Waals surface area (Å²) in [4.78, 5) is 21.1. The van der Waals surface area contributed by atoms with Crippen LogP contribution in [-0.2, 0) is 9.59 Å². The minimum Gasteiger partial charge on any atom is -0.481 e. The topological polar surface area (TPSA) is 98.7 Å². The van der Waals surface area contributed by atoms with E-state index < -0.39 is 12.1 Å². The van der Waals surface area contributed by atoms with Crippen LogP contribution in [0.2, 0.25) is 0 Å². The molecule has 1 aromatic rings. The summed E-state index contributed by atoms with van der Waals surface area (Å²) >= 11 is 0. The molecule has 0 radical (unpaired) electrons. The van der Waals surface area contributed by atoms with Crippen molar-refractivity contribution >= 4 is 17.6 Å². The largest absolute Gasteiger partial charge is 0.481 e. The number of aliphatic hydroxyl groups is 1. The second-order valence-electron chi connectivity index (χ2n) is 4.17. The highest BCUT2D eigenvalue weighted by Gasteiger charge is 2.07. The zero-order chi connectivity index (χ0) is 14.3. The zero-order valence-electron chi connectivity index (χ0n) is 10.7. The number of nitrogens with one attached hydrogen (secondary N) is 2. The molecule has 0 aliphatic heterocycles. The number of amides is 1. The van der Waals surface area contributed by atoms with Crippen molar-refractivity contribution in [1.29, 1.82) is 0 Å². The van der Waals surface area contributed by atoms with E-state index in [0.29, 0.717) is 17.8 Å². The fourth-order valence-electron chi connectivity index (χ4n) is 1.54. The Kier molecular flexibility index (Phi) is 5.98. The summed E-state index contributed by atoms with van der Waals surface area (Å²) in [6, 6.07) is 6.85. The molecule has 0 saturated carbocycles. The second kappa shape index (κ2) is 7.50. The summed E-state index contributed by atoms with van der Waals surface area (Å²) in [7, 11) is 0. The Bertz CT molecular complexity index is 431. The molecule has 1 aromatic carbocycles. The van der Waals surface area contributed by atoms with Crippen molar-refractivity contribution in [3.63, 3.8) is 0 Å². The number of rotatable bonds is 7. The molecule has 0 saturated heterocycles. The molecule has 1 rings (SSSR count). The van der Waals surface area contributed by atoms with Gasteiger partial charge in [-0.25, -0.2) is 0 Å². The summed E-state index contributed by atoms with van der Waals surface area (Å²) in [5.41, 5.74) is 1.37. The quantitative estimate of drug-likeness (QED) is 0.546. The first-order valence-corrected chi connectivity index (χ1v) is 5.97. The summed E-state index contributed by atoms with van der Waals surface area (Å²) in [6.07, 6.45) is -0.686. The minimum absolute atomic E-state index is 0.0220. The lowest BCUT2D eigenvalue weighted by atomic mass is 10.1. The maximum atomic E-state index is 10.8. The van der Waals surface area contributed by atoms with Crippen LogP contribution in [0.15, 0.2) is 24.3 Å². The van der Waals surface area contributed by atoms with Gasteiger partial charge in [0.2, 0.25) is 5.91 Å². The van der Waals surface area contributed by atoms with Crippen LogP contribution in [0.5, 0.6) is 0 Å². The summed E-state index contributed by atoms with van der Waals surface area (Å²) in [6.45, 7) is 2.03. The number of carboxylic acids is 1. The lowest BCUT2D eigenvalue weighted by Crippen LogP contribution is -2.24. The standard InChI is InChI=1S/C13H18N2O4/c1-9(16)15-11-4-2-10(3-5-11)12(17)8-14-7-6-13(18)19/h2-5,12,14,17H,6-8H2,1H3,(H,15,16)(H,18,19). The molecule has 19 heavy (non-hydrogen) atoms. The molecular formula is C13H18N2O4. The van der Waals surface area contributed by atoms with Crippen LogP contribution in [0.25, 0.3) is 0 Å². The van der Waals surface area contributed by atoms with Gasteiger partial charge in [0, 0.05) is 25.7 Å². The summed E-state index contributed by atoms with van der Waals surface area (Å²) in [5.74, 6) is -1.02. The minimum atomic E-state index is -0.873. The number of benzene rings is 1. The smallest absolute Gasteiger partial charge is 0.304 e. The first-order chi connectivity index (χ1) is 8.99. The van der Waals surface area contributed by atoms with Crippen molar-refractivity contribution in [1.82, 2.24) is 5.32 Å². The van der Waals surface area contributed by atoms with Crippen LogP contribution in [0.4, 0.5) is 5.69 Å². The van der Waals surface area contributed by atoms with Crippen molar-refractivity contribution in [2.45, 2.75) is 19.4 Å². The number of hydrogen-bond acceptors (Lipinski definition) is 4. The molecule has 4 N–H and O–H groups in total. The van der Waals surface area contributed by atoms with Crippen molar-refractivity contribution in [3.8, 4) is 0 Å². The summed E-state index contributed by atoms with van der Waals surface area (Å²) < 4.78 is 0. The molecule has 0 fully saturated rings. The van der Waals surface area contributed by atoms with E-state index in [1.165, 1.54) is 6.92 Å². The molecule has 6 heteroatoms. The molecule has 1 amide bonds. The third-order valence-electron chi connectivity index (χ3n) is 2.47. The van der Waals surface area contributed by atoms with Gasteiger partial charge >= 0.3 is 5.97 Å². The highest BCUT2D eigenvalue weighted by atomic mass is 16.4. The number of carbonyl (C=O) groups excluding carboxylic acids is 1. The van der Waals surface area contributed by atoms with E-state index in [0.717, 1.165) is 0 Å². The van der Waals surface area contributed by atoms with E-state index in [9.17, 15) is 14.7 Å². The molecule has 6 nitrogen and oxygen atoms in total. The highest BCUT2D eigenvalue weighted by Crippen LogP contribution is 2.15. The van der Waals surface area contributed by atoms with E-state index in [4.69, 9.17) is 5.11 Å². The Morgan fingerprint density at radius 2 is 1.89 bits per heavy atom. The fraction of sp³-hybridized carbons (Fsp3) is 0.385. The highest BCUT2D eigenvalue weighted by molar-refractivity contribution is 5.88. The summed E-state index contributed by atoms with van der Waals surface area (Å²) in [5, 5.41) is 23.8. The Balaban J connectivity index is 2.41. The van der Waals surface area contributed by atoms with Gasteiger partial charge in [-0.05, 0) is 17.7 Å². The Morgan fingerprint density at radius 3 is 2.42 bits per heavy atom. The Hall–Kier alpha value is -1.92. The molecule has 1 atom stereocenters. The van der Waals surface area contributed by atoms with Gasteiger partial charge in [0.05, 0.1) is 12.5 Å². The van der Waals surface area contributed by atoms with E-state index in [-0.39, 0.29) is 18.9 Å². The third-order valence-corrected chi connectivity index (χ3v) is 2.47. The van der Waals surface area contributed by atoms with E-state index >= 15 is 0 Å². The van der Waals surface area contributed by atoms with Gasteiger partial charge in [0.25, 0.3) is 0 Å². The van der Waals surface area contributed by atoms with Crippen molar-refractivity contribution in [2.75, 3.05) is 18.4 Å². The molecule has 0 aliphatic carbocycles. The lowest BCUT2D eigenvalue weighted by molar-refractivity contribution is -0.136. The Labute approximate surface area is 111 Å². The number of carboxylic acid groups (broad SMARTS) is 1. The predicted octanol–water partition coefficient (Wildman–Crippen LogP) is 0.743. The van der Waals surface area contributed by atoms with E-state index in [1.807, 2.05) is 0 Å². The van der Waals surface area contributed by atoms with Gasteiger partial charge < -0.3 is 20.8 Å². The SMILES string of the molecule is CC(=O)Nc1ccc(C(O)CNCCC(=O)O)cc1. The van der Waals surface area contributed by atoms with Crippen molar-refractivity contribution in [2.24, 2.45) is 0 Å². The van der Waals surface area contributed by atoms with Gasteiger partial charge in [-0.1, -0.05) is 12.1 Å². The Morgan fingerprint density at radius 1 is 1.26 bits per heavy atom. The monoisotopic (exact) mass is 266 g/mol. The average Bonchev–Trinajstić information content (AvgIpc) is 2.34. The number of anilines is 1. The number of aliphatic hydroxyl groups excluding tert-OH is 1. The molecule has 0 aromatic heterocycles. The first-order valence-electron chi connectivity index (χ1n) is 5.97. The molecule has 0 heterocycles. The number of aliphatic carboxylic acids is 1. The van der Waals surface area contributed by atoms with Gasteiger partial charge in [0.1, 0.15) is 0 Å². The lowest BCUT2D eigenvalue weighted by Gasteiger charge is -2.12. The predicted molar refractivity (Wildman–Crippen MR) is 70.8 cm³/mol. The maximum Gasteiger partial charge on any atom is 0.304 e. The van der Waals surface area contributed by atoms with Crippen LogP contribution in [0.1, 0.15) is 25.0 Å². The van der Waals surface area contributed by atoms with Crippen LogP contribution in [0.3, 0.4) is 0 Å². The van der Waals surface area contributed by atoms with Crippen molar-refractivity contribution < 1.29 is 19.8 Å². The maximum absolute atomic E-state index is 10.8. The average molecular weight is 266 g/mol.